The molecule has 6 aromatic carbocycles. The minimum absolute atomic E-state index is 0. The number of rotatable bonds is 7. The summed E-state index contributed by atoms with van der Waals surface area (Å²) in [7, 11) is -1.34. The van der Waals surface area contributed by atoms with Crippen LogP contribution in [0.2, 0.25) is 19.6 Å². The van der Waals surface area contributed by atoms with E-state index in [1.807, 2.05) is 35.7 Å². The molecule has 1 aliphatic rings. The summed E-state index contributed by atoms with van der Waals surface area (Å²) in [4.78, 5) is 9.65. The summed E-state index contributed by atoms with van der Waals surface area (Å²) in [5.74, 6) is 0.667. The summed E-state index contributed by atoms with van der Waals surface area (Å²) in [5, 5.41) is 6.63. The van der Waals surface area contributed by atoms with Crippen molar-refractivity contribution in [1.29, 1.82) is 0 Å². The molecule has 0 saturated carbocycles. The van der Waals surface area contributed by atoms with Crippen molar-refractivity contribution in [2.45, 2.75) is 65.6 Å². The van der Waals surface area contributed by atoms with Crippen LogP contribution in [0.25, 0.3) is 75.7 Å². The second-order valence-corrected chi connectivity index (χ2v) is 23.5. The SMILES string of the molecule is CC(C)Cc1cc(-c2[c-]cccc2)ncc1[Si](C)(C)C.[Ir].[c-]1cc(-c2ccc3ccccc3c2)c2c(sc3cc(-c4ccccc4)ccc32)c1-c1nccc2c1CCCC2. The van der Waals surface area contributed by atoms with Crippen LogP contribution in [0.5, 0.6) is 0 Å². The third-order valence-electron chi connectivity index (χ3n) is 11.6. The van der Waals surface area contributed by atoms with Gasteiger partial charge in [0.1, 0.15) is 0 Å². The first-order valence-corrected chi connectivity index (χ1v) is 25.4. The van der Waals surface area contributed by atoms with Gasteiger partial charge in [-0.2, -0.15) is 11.3 Å². The van der Waals surface area contributed by atoms with E-state index in [9.17, 15) is 0 Å². The number of benzene rings is 6. The minimum atomic E-state index is -1.34. The molecule has 10 rings (SSSR count). The fourth-order valence-electron chi connectivity index (χ4n) is 8.75. The van der Waals surface area contributed by atoms with Crippen molar-refractivity contribution >= 4 is 55.5 Å². The second-order valence-electron chi connectivity index (χ2n) is 17.4. The standard InChI is InChI=1S/C37H26NS.C18H24NSi.Ir/c1-2-8-24(9-3-1)28-16-17-32-34(23-28)39-37-33(36-31-13-7-6-11-26(31)20-21-38-36)19-18-30(35(32)37)29-15-14-25-10-4-5-12-27(25)22-29;1-14(2)11-16-12-17(15-9-7-6-8-10-15)19-13-18(16)20(3,4)5;/h1-5,8-10,12,14-18,20-23H,6-7,11,13H2;6-9,12-14H,11H2,1-5H3;/q2*-1;. The van der Waals surface area contributed by atoms with Gasteiger partial charge in [-0.15, -0.1) is 53.6 Å². The molecule has 0 saturated heterocycles. The minimum Gasteiger partial charge on any atom is -0.305 e. The number of fused-ring (bicyclic) bond motifs is 5. The Labute approximate surface area is 374 Å². The molecule has 3 aromatic heterocycles. The van der Waals surface area contributed by atoms with E-state index in [1.165, 1.54) is 87.9 Å². The topological polar surface area (TPSA) is 25.8 Å². The largest absolute Gasteiger partial charge is 0.305 e. The van der Waals surface area contributed by atoms with Crippen LogP contribution in [0.15, 0.2) is 146 Å². The maximum Gasteiger partial charge on any atom is 0.0798 e. The van der Waals surface area contributed by atoms with E-state index in [2.05, 4.69) is 172 Å². The van der Waals surface area contributed by atoms with Gasteiger partial charge < -0.3 is 9.97 Å². The predicted molar refractivity (Wildman–Crippen MR) is 256 cm³/mol. The molecule has 0 amide bonds. The smallest absolute Gasteiger partial charge is 0.0798 e. The van der Waals surface area contributed by atoms with E-state index < -0.39 is 8.07 Å². The summed E-state index contributed by atoms with van der Waals surface area (Å²) in [6.07, 6.45) is 9.98. The van der Waals surface area contributed by atoms with Gasteiger partial charge in [0.2, 0.25) is 0 Å². The van der Waals surface area contributed by atoms with Crippen LogP contribution in [0.1, 0.15) is 43.4 Å². The van der Waals surface area contributed by atoms with E-state index in [0.717, 1.165) is 41.8 Å². The maximum absolute atomic E-state index is 4.97. The molecule has 301 valence electrons. The monoisotopic (exact) mass is 991 g/mol. The fraction of sp³-hybridized carbons (Fsp3) is 0.200. The van der Waals surface area contributed by atoms with E-state index in [1.54, 1.807) is 0 Å². The molecule has 2 nitrogen and oxygen atoms in total. The molecule has 0 unspecified atom stereocenters. The van der Waals surface area contributed by atoms with Crippen molar-refractivity contribution in [2.24, 2.45) is 5.92 Å². The molecule has 60 heavy (non-hydrogen) atoms. The van der Waals surface area contributed by atoms with Gasteiger partial charge >= 0.3 is 0 Å². The Kier molecular flexibility index (Phi) is 12.4. The molecule has 1 radical (unpaired) electrons. The Morgan fingerprint density at radius 3 is 2.27 bits per heavy atom. The third-order valence-corrected chi connectivity index (χ3v) is 14.9. The molecule has 5 heteroatoms. The van der Waals surface area contributed by atoms with E-state index >= 15 is 0 Å². The van der Waals surface area contributed by atoms with Crippen LogP contribution in [0.4, 0.5) is 0 Å². The van der Waals surface area contributed by atoms with Gasteiger partial charge in [-0.1, -0.05) is 158 Å². The molecule has 1 aliphatic carbocycles. The van der Waals surface area contributed by atoms with Crippen molar-refractivity contribution in [1.82, 2.24) is 9.97 Å². The van der Waals surface area contributed by atoms with Crippen LogP contribution in [0, 0.1) is 18.1 Å². The summed E-state index contributed by atoms with van der Waals surface area (Å²) >= 11 is 1.88. The molecule has 0 fully saturated rings. The zero-order chi connectivity index (χ0) is 40.5. The van der Waals surface area contributed by atoms with E-state index in [-0.39, 0.29) is 20.1 Å². The van der Waals surface area contributed by atoms with Crippen LogP contribution in [0.3, 0.4) is 0 Å². The number of hydrogen-bond acceptors (Lipinski definition) is 3. The molecule has 0 spiro atoms. The second kappa shape index (κ2) is 17.9. The fourth-order valence-corrected chi connectivity index (χ4v) is 11.6. The molecule has 0 bridgehead atoms. The first-order chi connectivity index (χ1) is 28.7. The predicted octanol–water partition coefficient (Wildman–Crippen LogP) is 14.6. The van der Waals surface area contributed by atoms with Crippen molar-refractivity contribution in [3.05, 3.63) is 175 Å². The summed E-state index contributed by atoms with van der Waals surface area (Å²) in [6, 6.07) is 54.8. The van der Waals surface area contributed by atoms with Gasteiger partial charge in [0, 0.05) is 37.2 Å². The zero-order valence-electron chi connectivity index (χ0n) is 35.1. The maximum atomic E-state index is 4.97. The Balaban J connectivity index is 0.000000202. The van der Waals surface area contributed by atoms with Crippen molar-refractivity contribution < 1.29 is 20.1 Å². The zero-order valence-corrected chi connectivity index (χ0v) is 39.3. The van der Waals surface area contributed by atoms with E-state index in [0.29, 0.717) is 5.92 Å². The van der Waals surface area contributed by atoms with Gasteiger partial charge in [0.05, 0.1) is 8.07 Å². The van der Waals surface area contributed by atoms with Gasteiger partial charge in [0.15, 0.2) is 0 Å². The quantitative estimate of drug-likeness (QED) is 0.117. The molecular weight excluding hydrogens is 941 g/mol. The number of aromatic nitrogens is 2. The Morgan fingerprint density at radius 2 is 1.48 bits per heavy atom. The van der Waals surface area contributed by atoms with Gasteiger partial charge in [-0.05, 0) is 98.7 Å². The first-order valence-electron chi connectivity index (χ1n) is 21.1. The molecule has 0 N–H and O–H groups in total. The number of aryl methyl sites for hydroxylation is 1. The van der Waals surface area contributed by atoms with Crippen molar-refractivity contribution in [3.63, 3.8) is 0 Å². The third kappa shape index (κ3) is 8.60. The normalized spacial score (nSPS) is 12.6. The number of nitrogens with zero attached hydrogens (tertiary/aromatic N) is 2. The average Bonchev–Trinajstić information content (AvgIpc) is 3.65. The molecule has 0 aliphatic heterocycles. The number of thiophene rings is 1. The first kappa shape index (κ1) is 41.7. The van der Waals surface area contributed by atoms with Crippen LogP contribution < -0.4 is 5.19 Å². The Hall–Kier alpha value is -5.03. The summed E-state index contributed by atoms with van der Waals surface area (Å²) in [5.41, 5.74) is 13.7. The van der Waals surface area contributed by atoms with Gasteiger partial charge in [-0.3, -0.25) is 0 Å². The van der Waals surface area contributed by atoms with Gasteiger partial charge in [0.25, 0.3) is 0 Å². The molecule has 0 atom stereocenters. The molecule has 9 aromatic rings. The number of hydrogen-bond donors (Lipinski definition) is 0. The Morgan fingerprint density at radius 1 is 0.717 bits per heavy atom. The summed E-state index contributed by atoms with van der Waals surface area (Å²) < 4.78 is 2.59. The van der Waals surface area contributed by atoms with Crippen molar-refractivity contribution in [3.8, 4) is 44.8 Å². The Bertz CT molecular complexity index is 2930. The van der Waals surface area contributed by atoms with E-state index in [4.69, 9.17) is 4.98 Å². The summed E-state index contributed by atoms with van der Waals surface area (Å²) in [6.45, 7) is 11.7. The number of pyridine rings is 2. The molecular formula is C55H50IrN2SSi-2. The molecule has 3 heterocycles. The van der Waals surface area contributed by atoms with Gasteiger partial charge in [-0.25, -0.2) is 0 Å². The van der Waals surface area contributed by atoms with Crippen LogP contribution in [-0.4, -0.2) is 18.0 Å². The van der Waals surface area contributed by atoms with Crippen molar-refractivity contribution in [2.75, 3.05) is 0 Å². The average molecular weight is 991 g/mol. The van der Waals surface area contributed by atoms with Crippen LogP contribution >= 0.6 is 11.3 Å². The van der Waals surface area contributed by atoms with Crippen LogP contribution in [-0.2, 0) is 39.4 Å².